The van der Waals surface area contributed by atoms with Crippen molar-refractivity contribution in [3.63, 3.8) is 0 Å². The number of fused-ring (bicyclic) bond motifs is 2. The number of imide groups is 1. The summed E-state index contributed by atoms with van der Waals surface area (Å²) < 4.78 is 6.18. The Labute approximate surface area is 156 Å². The van der Waals surface area contributed by atoms with Crippen LogP contribution in [0.15, 0.2) is 48.7 Å². The second kappa shape index (κ2) is 6.23. The van der Waals surface area contributed by atoms with Crippen LogP contribution < -0.4 is 4.74 Å². The Hall–Kier alpha value is -3.15. The number of benzene rings is 2. The predicted molar refractivity (Wildman–Crippen MR) is 99.7 cm³/mol. The van der Waals surface area contributed by atoms with E-state index < -0.39 is 0 Å². The molecule has 6 nitrogen and oxygen atoms in total. The summed E-state index contributed by atoms with van der Waals surface area (Å²) in [5.74, 6) is 0.430. The van der Waals surface area contributed by atoms with Gasteiger partial charge in [0.2, 0.25) is 0 Å². The molecule has 6 heteroatoms. The molecule has 1 aliphatic carbocycles. The summed E-state index contributed by atoms with van der Waals surface area (Å²) >= 11 is 0. The third-order valence-electron chi connectivity index (χ3n) is 5.50. The molecule has 136 valence electrons. The molecule has 1 aliphatic heterocycles. The molecule has 0 unspecified atom stereocenters. The Morgan fingerprint density at radius 3 is 2.59 bits per heavy atom. The van der Waals surface area contributed by atoms with E-state index in [1.165, 1.54) is 4.90 Å². The largest absolute Gasteiger partial charge is 0.490 e. The summed E-state index contributed by atoms with van der Waals surface area (Å²) in [5, 5.41) is 7.95. The lowest BCUT2D eigenvalue weighted by Crippen LogP contribution is -2.44. The highest BCUT2D eigenvalue weighted by Gasteiger charge is 2.41. The number of amides is 2. The van der Waals surface area contributed by atoms with Crippen molar-refractivity contribution in [3.05, 3.63) is 59.8 Å². The topological polar surface area (TPSA) is 75.3 Å². The molecule has 2 heterocycles. The van der Waals surface area contributed by atoms with Crippen LogP contribution in [0.5, 0.6) is 5.75 Å². The van der Waals surface area contributed by atoms with Gasteiger partial charge in [-0.1, -0.05) is 12.1 Å². The second-order valence-electron chi connectivity index (χ2n) is 7.21. The quantitative estimate of drug-likeness (QED) is 0.724. The Balaban J connectivity index is 1.34. The number of ether oxygens (including phenoxy) is 1. The average molecular weight is 361 g/mol. The monoisotopic (exact) mass is 361 g/mol. The summed E-state index contributed by atoms with van der Waals surface area (Å²) in [6.45, 7) is 0. The van der Waals surface area contributed by atoms with Gasteiger partial charge in [-0.2, -0.15) is 5.10 Å². The van der Waals surface area contributed by atoms with Crippen LogP contribution >= 0.6 is 0 Å². The van der Waals surface area contributed by atoms with Gasteiger partial charge in [0, 0.05) is 17.8 Å². The van der Waals surface area contributed by atoms with Gasteiger partial charge in [-0.3, -0.25) is 19.6 Å². The first-order valence-electron chi connectivity index (χ1n) is 9.27. The fourth-order valence-electron chi connectivity index (χ4n) is 4.19. The summed E-state index contributed by atoms with van der Waals surface area (Å²) in [5.41, 5.74) is 1.99. The SMILES string of the molecule is O=C1c2ccccc2C(=O)N1[C@@H]1CCC[C@H](Oc2ccc3[nH]ncc3c2)C1. The van der Waals surface area contributed by atoms with Crippen molar-refractivity contribution in [2.75, 3.05) is 0 Å². The van der Waals surface area contributed by atoms with Crippen molar-refractivity contribution < 1.29 is 14.3 Å². The van der Waals surface area contributed by atoms with Crippen molar-refractivity contribution >= 4 is 22.7 Å². The molecular weight excluding hydrogens is 342 g/mol. The summed E-state index contributed by atoms with van der Waals surface area (Å²) in [6, 6.07) is 12.8. The van der Waals surface area contributed by atoms with E-state index in [0.717, 1.165) is 35.9 Å². The zero-order chi connectivity index (χ0) is 18.4. The Morgan fingerprint density at radius 1 is 1.04 bits per heavy atom. The van der Waals surface area contributed by atoms with Gasteiger partial charge in [-0.15, -0.1) is 0 Å². The molecule has 3 aromatic rings. The maximum Gasteiger partial charge on any atom is 0.261 e. The predicted octanol–water partition coefficient (Wildman–Crippen LogP) is 3.55. The third kappa shape index (κ3) is 2.68. The highest BCUT2D eigenvalue weighted by Crippen LogP contribution is 2.33. The molecule has 27 heavy (non-hydrogen) atoms. The lowest BCUT2D eigenvalue weighted by molar-refractivity contribution is 0.0452. The Kier molecular flexibility index (Phi) is 3.70. The van der Waals surface area contributed by atoms with E-state index in [0.29, 0.717) is 17.5 Å². The van der Waals surface area contributed by atoms with Crippen molar-refractivity contribution in [2.24, 2.45) is 0 Å². The number of aromatic nitrogens is 2. The number of carbonyl (C=O) groups excluding carboxylic acids is 2. The van der Waals surface area contributed by atoms with Gasteiger partial charge in [0.05, 0.1) is 22.8 Å². The van der Waals surface area contributed by atoms with E-state index in [-0.39, 0.29) is 24.0 Å². The van der Waals surface area contributed by atoms with E-state index in [2.05, 4.69) is 10.2 Å². The molecule has 2 aromatic carbocycles. The van der Waals surface area contributed by atoms with Crippen LogP contribution in [0, 0.1) is 0 Å². The van der Waals surface area contributed by atoms with E-state index in [9.17, 15) is 9.59 Å². The normalized spacial score (nSPS) is 22.3. The first kappa shape index (κ1) is 16.1. The van der Waals surface area contributed by atoms with Crippen molar-refractivity contribution in [1.82, 2.24) is 15.1 Å². The standard InChI is InChI=1S/C21H19N3O3/c25-20-17-6-1-2-7-18(17)21(26)24(20)14-4-3-5-15(11-14)27-16-8-9-19-13(10-16)12-22-23-19/h1-2,6-10,12,14-15H,3-5,11H2,(H,22,23)/t14-,15+/m1/s1. The van der Waals surface area contributed by atoms with Gasteiger partial charge >= 0.3 is 0 Å². The van der Waals surface area contributed by atoms with Crippen LogP contribution in [0.25, 0.3) is 10.9 Å². The smallest absolute Gasteiger partial charge is 0.261 e. The van der Waals surface area contributed by atoms with Crippen LogP contribution in [0.2, 0.25) is 0 Å². The molecule has 0 spiro atoms. The molecule has 1 aromatic heterocycles. The lowest BCUT2D eigenvalue weighted by Gasteiger charge is -2.34. The van der Waals surface area contributed by atoms with E-state index in [1.54, 1.807) is 30.5 Å². The molecular formula is C21H19N3O3. The number of nitrogens with zero attached hydrogens (tertiary/aromatic N) is 2. The maximum atomic E-state index is 12.7. The summed E-state index contributed by atoms with van der Waals surface area (Å²) in [7, 11) is 0. The highest BCUT2D eigenvalue weighted by molar-refractivity contribution is 6.21. The van der Waals surface area contributed by atoms with Crippen LogP contribution in [-0.4, -0.2) is 39.1 Å². The minimum Gasteiger partial charge on any atom is -0.490 e. The molecule has 2 amide bonds. The van der Waals surface area contributed by atoms with Gasteiger partial charge in [-0.25, -0.2) is 0 Å². The van der Waals surface area contributed by atoms with Gasteiger partial charge in [0.15, 0.2) is 0 Å². The molecule has 2 aliphatic rings. The van der Waals surface area contributed by atoms with Gasteiger partial charge in [-0.05, 0) is 49.6 Å². The van der Waals surface area contributed by atoms with Crippen LogP contribution in [0.4, 0.5) is 0 Å². The van der Waals surface area contributed by atoms with Crippen LogP contribution in [0.1, 0.15) is 46.4 Å². The van der Waals surface area contributed by atoms with Crippen LogP contribution in [0.3, 0.4) is 0 Å². The first-order valence-corrected chi connectivity index (χ1v) is 9.27. The second-order valence-corrected chi connectivity index (χ2v) is 7.21. The van der Waals surface area contributed by atoms with Gasteiger partial charge in [0.1, 0.15) is 11.9 Å². The molecule has 0 saturated heterocycles. The van der Waals surface area contributed by atoms with Gasteiger partial charge in [0.25, 0.3) is 11.8 Å². The lowest BCUT2D eigenvalue weighted by atomic mass is 9.91. The molecule has 5 rings (SSSR count). The zero-order valence-corrected chi connectivity index (χ0v) is 14.7. The van der Waals surface area contributed by atoms with E-state index in [1.807, 2.05) is 18.2 Å². The number of rotatable bonds is 3. The zero-order valence-electron chi connectivity index (χ0n) is 14.7. The fourth-order valence-corrected chi connectivity index (χ4v) is 4.19. The number of H-pyrrole nitrogens is 1. The Morgan fingerprint density at radius 2 is 1.81 bits per heavy atom. The maximum absolute atomic E-state index is 12.7. The van der Waals surface area contributed by atoms with Crippen molar-refractivity contribution in [1.29, 1.82) is 0 Å². The molecule has 1 N–H and O–H groups in total. The number of nitrogens with one attached hydrogen (secondary N) is 1. The molecule has 1 saturated carbocycles. The number of aromatic amines is 1. The van der Waals surface area contributed by atoms with Crippen LogP contribution in [-0.2, 0) is 0 Å². The number of hydrogen-bond donors (Lipinski definition) is 1. The molecule has 0 radical (unpaired) electrons. The molecule has 0 bridgehead atoms. The summed E-state index contributed by atoms with van der Waals surface area (Å²) in [6.07, 6.45) is 5.09. The minimum absolute atomic E-state index is 0.0163. The number of hydrogen-bond acceptors (Lipinski definition) is 4. The van der Waals surface area contributed by atoms with Gasteiger partial charge < -0.3 is 4.74 Å². The fraction of sp³-hybridized carbons (Fsp3) is 0.286. The van der Waals surface area contributed by atoms with E-state index in [4.69, 9.17) is 4.74 Å². The Bertz CT molecular complexity index is 1010. The first-order chi connectivity index (χ1) is 13.2. The summed E-state index contributed by atoms with van der Waals surface area (Å²) in [4.78, 5) is 26.9. The molecule has 2 atom stereocenters. The molecule has 1 fully saturated rings. The number of carbonyl (C=O) groups is 2. The third-order valence-corrected chi connectivity index (χ3v) is 5.50. The van der Waals surface area contributed by atoms with Crippen molar-refractivity contribution in [2.45, 2.75) is 37.8 Å². The highest BCUT2D eigenvalue weighted by atomic mass is 16.5. The minimum atomic E-state index is -0.180. The van der Waals surface area contributed by atoms with E-state index >= 15 is 0 Å². The average Bonchev–Trinajstić information content (AvgIpc) is 3.25. The van der Waals surface area contributed by atoms with Crippen molar-refractivity contribution in [3.8, 4) is 5.75 Å².